The highest BCUT2D eigenvalue weighted by atomic mass is 35.5. The summed E-state index contributed by atoms with van der Waals surface area (Å²) >= 11 is 5.76. The fourth-order valence-corrected chi connectivity index (χ4v) is 1.14. The summed E-state index contributed by atoms with van der Waals surface area (Å²) in [6.45, 7) is 5.67. The summed E-state index contributed by atoms with van der Waals surface area (Å²) in [5, 5.41) is 3.71. The van der Waals surface area contributed by atoms with Gasteiger partial charge >= 0.3 is 0 Å². The standard InChI is InChI=1S/C13H16ClNO/c1-13(2,3)12(16)8-9-15-11-6-4-10(14)5-7-11/h4-9,15H,1-3H3/b9-8+. The molecule has 1 aromatic rings. The van der Waals surface area contributed by atoms with Crippen molar-refractivity contribution in [3.8, 4) is 0 Å². The largest absolute Gasteiger partial charge is 0.362 e. The van der Waals surface area contributed by atoms with Gasteiger partial charge in [-0.1, -0.05) is 32.4 Å². The van der Waals surface area contributed by atoms with Crippen LogP contribution in [0.15, 0.2) is 36.5 Å². The zero-order valence-electron chi connectivity index (χ0n) is 9.75. The molecule has 0 aromatic heterocycles. The summed E-state index contributed by atoms with van der Waals surface area (Å²) in [6.07, 6.45) is 3.20. The van der Waals surface area contributed by atoms with E-state index in [1.165, 1.54) is 0 Å². The van der Waals surface area contributed by atoms with Crippen LogP contribution in [0.25, 0.3) is 0 Å². The Morgan fingerprint density at radius 1 is 1.25 bits per heavy atom. The van der Waals surface area contributed by atoms with Crippen molar-refractivity contribution in [2.24, 2.45) is 5.41 Å². The highest BCUT2D eigenvalue weighted by Gasteiger charge is 2.17. The second-order valence-corrected chi connectivity index (χ2v) is 5.04. The smallest absolute Gasteiger partial charge is 0.162 e. The van der Waals surface area contributed by atoms with Gasteiger partial charge in [-0.05, 0) is 30.3 Å². The molecule has 0 spiro atoms. The molecule has 0 amide bonds. The van der Waals surface area contributed by atoms with E-state index in [0.29, 0.717) is 5.02 Å². The van der Waals surface area contributed by atoms with Crippen LogP contribution in [0.1, 0.15) is 20.8 Å². The van der Waals surface area contributed by atoms with Crippen molar-refractivity contribution in [1.82, 2.24) is 0 Å². The number of anilines is 1. The Morgan fingerprint density at radius 2 is 1.81 bits per heavy atom. The van der Waals surface area contributed by atoms with Crippen molar-refractivity contribution in [1.29, 1.82) is 0 Å². The lowest BCUT2D eigenvalue weighted by Crippen LogP contribution is -2.17. The zero-order chi connectivity index (χ0) is 12.2. The van der Waals surface area contributed by atoms with Crippen LogP contribution in [0.2, 0.25) is 5.02 Å². The van der Waals surface area contributed by atoms with E-state index in [0.717, 1.165) is 5.69 Å². The quantitative estimate of drug-likeness (QED) is 0.809. The Labute approximate surface area is 101 Å². The van der Waals surface area contributed by atoms with E-state index in [2.05, 4.69) is 5.32 Å². The van der Waals surface area contributed by atoms with Crippen LogP contribution in [0.4, 0.5) is 5.69 Å². The summed E-state index contributed by atoms with van der Waals surface area (Å²) in [6, 6.07) is 7.30. The summed E-state index contributed by atoms with van der Waals surface area (Å²) in [7, 11) is 0. The van der Waals surface area contributed by atoms with Gasteiger partial charge in [0.1, 0.15) is 0 Å². The van der Waals surface area contributed by atoms with Crippen molar-refractivity contribution in [3.05, 3.63) is 41.6 Å². The molecule has 3 heteroatoms. The Bertz CT molecular complexity index is 387. The minimum absolute atomic E-state index is 0.0916. The van der Waals surface area contributed by atoms with Gasteiger partial charge in [0.15, 0.2) is 5.78 Å². The van der Waals surface area contributed by atoms with Gasteiger partial charge in [0.05, 0.1) is 0 Å². The molecule has 16 heavy (non-hydrogen) atoms. The van der Waals surface area contributed by atoms with Gasteiger partial charge in [0, 0.05) is 22.3 Å². The number of halogens is 1. The lowest BCUT2D eigenvalue weighted by molar-refractivity contribution is -0.121. The molecule has 0 radical (unpaired) electrons. The second kappa shape index (κ2) is 5.17. The van der Waals surface area contributed by atoms with Gasteiger partial charge in [-0.2, -0.15) is 0 Å². The third-order valence-electron chi connectivity index (χ3n) is 2.07. The average molecular weight is 238 g/mol. The number of ketones is 1. The first-order valence-corrected chi connectivity index (χ1v) is 5.50. The maximum Gasteiger partial charge on any atom is 0.162 e. The molecule has 0 heterocycles. The lowest BCUT2D eigenvalue weighted by atomic mass is 9.91. The predicted octanol–water partition coefficient (Wildman–Crippen LogP) is 3.88. The Balaban J connectivity index is 2.55. The fourth-order valence-electron chi connectivity index (χ4n) is 1.01. The first-order valence-electron chi connectivity index (χ1n) is 5.13. The van der Waals surface area contributed by atoms with Crippen molar-refractivity contribution in [2.75, 3.05) is 5.32 Å². The van der Waals surface area contributed by atoms with Crippen LogP contribution < -0.4 is 5.32 Å². The van der Waals surface area contributed by atoms with Crippen LogP contribution in [0, 0.1) is 5.41 Å². The normalized spacial score (nSPS) is 11.8. The summed E-state index contributed by atoms with van der Waals surface area (Å²) in [5.41, 5.74) is 0.570. The van der Waals surface area contributed by atoms with Crippen molar-refractivity contribution in [2.45, 2.75) is 20.8 Å². The summed E-state index contributed by atoms with van der Waals surface area (Å²) < 4.78 is 0. The molecule has 86 valence electrons. The average Bonchev–Trinajstić information content (AvgIpc) is 2.19. The molecule has 0 aliphatic rings. The Hall–Kier alpha value is -1.28. The number of hydrogen-bond acceptors (Lipinski definition) is 2. The first-order chi connectivity index (χ1) is 7.39. The third kappa shape index (κ3) is 4.07. The van der Waals surface area contributed by atoms with Crippen molar-refractivity contribution in [3.63, 3.8) is 0 Å². The molecule has 0 saturated heterocycles. The molecule has 2 nitrogen and oxygen atoms in total. The van der Waals surface area contributed by atoms with Gasteiger partial charge < -0.3 is 5.32 Å². The molecule has 1 N–H and O–H groups in total. The number of hydrogen-bond donors (Lipinski definition) is 1. The highest BCUT2D eigenvalue weighted by molar-refractivity contribution is 6.30. The molecule has 0 unspecified atom stereocenters. The lowest BCUT2D eigenvalue weighted by Gasteiger charge is -2.12. The van der Waals surface area contributed by atoms with E-state index in [1.807, 2.05) is 32.9 Å². The SMILES string of the molecule is CC(C)(C)C(=O)/C=C/Nc1ccc(Cl)cc1. The third-order valence-corrected chi connectivity index (χ3v) is 2.32. The van der Waals surface area contributed by atoms with Gasteiger partial charge in [-0.3, -0.25) is 4.79 Å². The molecule has 0 bridgehead atoms. The molecule has 0 fully saturated rings. The number of carbonyl (C=O) groups is 1. The van der Waals surface area contributed by atoms with Gasteiger partial charge in [0.2, 0.25) is 0 Å². The van der Waals surface area contributed by atoms with E-state index in [9.17, 15) is 4.79 Å². The van der Waals surface area contributed by atoms with Crippen LogP contribution in [-0.2, 0) is 4.79 Å². The number of rotatable bonds is 3. The Morgan fingerprint density at radius 3 is 2.31 bits per heavy atom. The fraction of sp³-hybridized carbons (Fsp3) is 0.308. The molecule has 0 saturated carbocycles. The number of carbonyl (C=O) groups excluding carboxylic acids is 1. The van der Waals surface area contributed by atoms with Gasteiger partial charge in [0.25, 0.3) is 0 Å². The van der Waals surface area contributed by atoms with Gasteiger partial charge in [-0.25, -0.2) is 0 Å². The maximum atomic E-state index is 11.6. The maximum absolute atomic E-state index is 11.6. The number of nitrogens with one attached hydrogen (secondary N) is 1. The molecule has 1 rings (SSSR count). The molecular weight excluding hydrogens is 222 g/mol. The Kier molecular flexibility index (Phi) is 4.13. The van der Waals surface area contributed by atoms with E-state index in [-0.39, 0.29) is 11.2 Å². The van der Waals surface area contributed by atoms with Gasteiger partial charge in [-0.15, -0.1) is 0 Å². The van der Waals surface area contributed by atoms with E-state index >= 15 is 0 Å². The van der Waals surface area contributed by atoms with Crippen LogP contribution in [-0.4, -0.2) is 5.78 Å². The molecule has 1 aromatic carbocycles. The monoisotopic (exact) mass is 237 g/mol. The minimum atomic E-state index is -0.335. The van der Waals surface area contributed by atoms with E-state index in [4.69, 9.17) is 11.6 Å². The van der Waals surface area contributed by atoms with Crippen molar-refractivity contribution < 1.29 is 4.79 Å². The number of benzene rings is 1. The molecule has 0 aliphatic heterocycles. The highest BCUT2D eigenvalue weighted by Crippen LogP contribution is 2.16. The zero-order valence-corrected chi connectivity index (χ0v) is 10.5. The van der Waals surface area contributed by atoms with E-state index in [1.54, 1.807) is 24.4 Å². The minimum Gasteiger partial charge on any atom is -0.362 e. The molecule has 0 aliphatic carbocycles. The second-order valence-electron chi connectivity index (χ2n) is 4.60. The van der Waals surface area contributed by atoms with Crippen LogP contribution >= 0.6 is 11.6 Å². The van der Waals surface area contributed by atoms with E-state index < -0.39 is 0 Å². The van der Waals surface area contributed by atoms with Crippen LogP contribution in [0.3, 0.4) is 0 Å². The number of allylic oxidation sites excluding steroid dienone is 1. The molecule has 0 atom stereocenters. The first kappa shape index (κ1) is 12.8. The molecular formula is C13H16ClNO. The summed E-state index contributed by atoms with van der Waals surface area (Å²) in [4.78, 5) is 11.6. The van der Waals surface area contributed by atoms with Crippen molar-refractivity contribution >= 4 is 23.1 Å². The van der Waals surface area contributed by atoms with Crippen LogP contribution in [0.5, 0.6) is 0 Å². The topological polar surface area (TPSA) is 29.1 Å². The predicted molar refractivity (Wildman–Crippen MR) is 68.7 cm³/mol. The summed E-state index contributed by atoms with van der Waals surface area (Å²) in [5.74, 6) is 0.0916.